The summed E-state index contributed by atoms with van der Waals surface area (Å²) >= 11 is 3.40. The Morgan fingerprint density at radius 1 is 1.50 bits per heavy atom. The van der Waals surface area contributed by atoms with Gasteiger partial charge in [-0.15, -0.1) is 0 Å². The van der Waals surface area contributed by atoms with Crippen LogP contribution in [0.5, 0.6) is 5.75 Å². The molecule has 1 aromatic carbocycles. The van der Waals surface area contributed by atoms with Crippen molar-refractivity contribution in [3.63, 3.8) is 0 Å². The van der Waals surface area contributed by atoms with Crippen LogP contribution in [0, 0.1) is 0 Å². The quantitative estimate of drug-likeness (QED) is 0.775. The molecule has 1 aromatic rings. The summed E-state index contributed by atoms with van der Waals surface area (Å²) in [5, 5.41) is 0. The van der Waals surface area contributed by atoms with Crippen molar-refractivity contribution < 1.29 is 9.53 Å². The summed E-state index contributed by atoms with van der Waals surface area (Å²) in [7, 11) is 0. The van der Waals surface area contributed by atoms with Crippen molar-refractivity contribution in [3.8, 4) is 5.75 Å². The zero-order chi connectivity index (χ0) is 10.6. The molecular weight excluding hydrogens is 244 g/mol. The first-order valence-corrected chi connectivity index (χ1v) is 5.32. The lowest BCUT2D eigenvalue weighted by Gasteiger charge is -2.13. The average Bonchev–Trinajstić information content (AvgIpc) is 2.10. The van der Waals surface area contributed by atoms with Crippen LogP contribution in [0.25, 0.3) is 0 Å². The Morgan fingerprint density at radius 3 is 2.79 bits per heavy atom. The van der Waals surface area contributed by atoms with E-state index < -0.39 is 0 Å². The fraction of sp³-hybridized carbons (Fsp3) is 0.364. The maximum Gasteiger partial charge on any atom is 0.124 e. The molecule has 0 aliphatic rings. The van der Waals surface area contributed by atoms with Gasteiger partial charge in [-0.1, -0.05) is 22.0 Å². The van der Waals surface area contributed by atoms with E-state index in [1.54, 1.807) is 0 Å². The van der Waals surface area contributed by atoms with E-state index in [2.05, 4.69) is 15.9 Å². The first kappa shape index (κ1) is 11.2. The van der Waals surface area contributed by atoms with Gasteiger partial charge in [0.2, 0.25) is 0 Å². The van der Waals surface area contributed by atoms with E-state index >= 15 is 0 Å². The Kier molecular flexibility index (Phi) is 4.14. The van der Waals surface area contributed by atoms with Gasteiger partial charge < -0.3 is 9.53 Å². The standard InChI is InChI=1S/C11H13BrO2/c1-8(2)14-11-5-3-4-10(12)9(11)6-7-13/h3-5,7-8H,6H2,1-2H3. The lowest BCUT2D eigenvalue weighted by Crippen LogP contribution is -2.08. The Balaban J connectivity index is 3.00. The minimum absolute atomic E-state index is 0.120. The van der Waals surface area contributed by atoms with Crippen LogP contribution in [-0.4, -0.2) is 12.4 Å². The average molecular weight is 257 g/mol. The minimum Gasteiger partial charge on any atom is -0.491 e. The molecule has 0 heterocycles. The van der Waals surface area contributed by atoms with Crippen LogP contribution in [-0.2, 0) is 11.2 Å². The van der Waals surface area contributed by atoms with Crippen LogP contribution in [0.15, 0.2) is 22.7 Å². The van der Waals surface area contributed by atoms with Gasteiger partial charge in [0.05, 0.1) is 6.10 Å². The summed E-state index contributed by atoms with van der Waals surface area (Å²) in [6.07, 6.45) is 1.38. The van der Waals surface area contributed by atoms with E-state index in [-0.39, 0.29) is 6.10 Å². The van der Waals surface area contributed by atoms with E-state index in [0.717, 1.165) is 22.1 Å². The van der Waals surface area contributed by atoms with Gasteiger partial charge in [-0.25, -0.2) is 0 Å². The summed E-state index contributed by atoms with van der Waals surface area (Å²) in [5.74, 6) is 0.779. The topological polar surface area (TPSA) is 26.3 Å². The van der Waals surface area contributed by atoms with E-state index in [0.29, 0.717) is 6.42 Å². The summed E-state index contributed by atoms with van der Waals surface area (Å²) in [6, 6.07) is 5.69. The summed E-state index contributed by atoms with van der Waals surface area (Å²) < 4.78 is 6.51. The zero-order valence-corrected chi connectivity index (χ0v) is 9.87. The number of halogens is 1. The highest BCUT2D eigenvalue weighted by atomic mass is 79.9. The smallest absolute Gasteiger partial charge is 0.124 e. The van der Waals surface area contributed by atoms with Gasteiger partial charge in [-0.2, -0.15) is 0 Å². The van der Waals surface area contributed by atoms with Crippen molar-refractivity contribution in [2.24, 2.45) is 0 Å². The Bertz CT molecular complexity index is 321. The summed E-state index contributed by atoms with van der Waals surface area (Å²) in [5.41, 5.74) is 0.913. The van der Waals surface area contributed by atoms with Gasteiger partial charge in [0.25, 0.3) is 0 Å². The number of rotatable bonds is 4. The van der Waals surface area contributed by atoms with Crippen LogP contribution in [0.2, 0.25) is 0 Å². The van der Waals surface area contributed by atoms with Crippen LogP contribution >= 0.6 is 15.9 Å². The van der Waals surface area contributed by atoms with Crippen molar-refractivity contribution in [2.75, 3.05) is 0 Å². The molecule has 2 nitrogen and oxygen atoms in total. The lowest BCUT2D eigenvalue weighted by molar-refractivity contribution is -0.107. The molecule has 1 rings (SSSR count). The number of hydrogen-bond donors (Lipinski definition) is 0. The Labute approximate surface area is 92.4 Å². The number of ether oxygens (including phenoxy) is 1. The molecule has 76 valence electrons. The van der Waals surface area contributed by atoms with Crippen LogP contribution in [0.4, 0.5) is 0 Å². The summed E-state index contributed by atoms with van der Waals surface area (Å²) in [4.78, 5) is 10.5. The van der Waals surface area contributed by atoms with Gasteiger partial charge >= 0.3 is 0 Å². The zero-order valence-electron chi connectivity index (χ0n) is 8.29. The largest absolute Gasteiger partial charge is 0.491 e. The molecule has 0 saturated carbocycles. The lowest BCUT2D eigenvalue weighted by atomic mass is 10.1. The van der Waals surface area contributed by atoms with E-state index in [1.807, 2.05) is 32.0 Å². The highest BCUT2D eigenvalue weighted by molar-refractivity contribution is 9.10. The highest BCUT2D eigenvalue weighted by Crippen LogP contribution is 2.27. The van der Waals surface area contributed by atoms with Gasteiger partial charge in [0.15, 0.2) is 0 Å². The van der Waals surface area contributed by atoms with E-state index in [4.69, 9.17) is 4.74 Å². The second-order valence-electron chi connectivity index (χ2n) is 3.25. The third-order valence-corrected chi connectivity index (χ3v) is 2.47. The number of hydrogen-bond acceptors (Lipinski definition) is 2. The molecule has 0 spiro atoms. The van der Waals surface area contributed by atoms with Crippen LogP contribution < -0.4 is 4.74 Å². The van der Waals surface area contributed by atoms with Crippen molar-refractivity contribution in [1.29, 1.82) is 0 Å². The number of carbonyl (C=O) groups excluding carboxylic acids is 1. The fourth-order valence-corrected chi connectivity index (χ4v) is 1.69. The second-order valence-corrected chi connectivity index (χ2v) is 4.11. The van der Waals surface area contributed by atoms with Gasteiger partial charge in [0, 0.05) is 16.5 Å². The molecule has 0 aliphatic heterocycles. The first-order valence-electron chi connectivity index (χ1n) is 4.53. The monoisotopic (exact) mass is 256 g/mol. The van der Waals surface area contributed by atoms with E-state index in [9.17, 15) is 4.79 Å². The second kappa shape index (κ2) is 5.15. The normalized spacial score (nSPS) is 10.3. The fourth-order valence-electron chi connectivity index (χ4n) is 1.18. The molecule has 0 N–H and O–H groups in total. The number of carbonyl (C=O) groups is 1. The van der Waals surface area contributed by atoms with Gasteiger partial charge in [-0.05, 0) is 26.0 Å². The predicted octanol–water partition coefficient (Wildman–Crippen LogP) is 2.98. The van der Waals surface area contributed by atoms with Crippen LogP contribution in [0.1, 0.15) is 19.4 Å². The molecule has 0 atom stereocenters. The van der Waals surface area contributed by atoms with E-state index in [1.165, 1.54) is 0 Å². The minimum atomic E-state index is 0.120. The van der Waals surface area contributed by atoms with Crippen molar-refractivity contribution in [1.82, 2.24) is 0 Å². The predicted molar refractivity (Wildman–Crippen MR) is 59.7 cm³/mol. The van der Waals surface area contributed by atoms with Crippen molar-refractivity contribution in [3.05, 3.63) is 28.2 Å². The molecule has 14 heavy (non-hydrogen) atoms. The molecule has 0 fully saturated rings. The van der Waals surface area contributed by atoms with Crippen molar-refractivity contribution >= 4 is 22.2 Å². The SMILES string of the molecule is CC(C)Oc1cccc(Br)c1CC=O. The molecule has 0 amide bonds. The molecule has 0 bridgehead atoms. The highest BCUT2D eigenvalue weighted by Gasteiger charge is 2.08. The molecule has 0 unspecified atom stereocenters. The van der Waals surface area contributed by atoms with Crippen LogP contribution in [0.3, 0.4) is 0 Å². The van der Waals surface area contributed by atoms with Gasteiger partial charge in [-0.3, -0.25) is 0 Å². The number of benzene rings is 1. The molecule has 0 aliphatic carbocycles. The van der Waals surface area contributed by atoms with Crippen molar-refractivity contribution in [2.45, 2.75) is 26.4 Å². The molecule has 0 aromatic heterocycles. The Morgan fingerprint density at radius 2 is 2.21 bits per heavy atom. The summed E-state index contributed by atoms with van der Waals surface area (Å²) in [6.45, 7) is 3.93. The molecule has 3 heteroatoms. The number of aldehydes is 1. The maximum atomic E-state index is 10.5. The maximum absolute atomic E-state index is 10.5. The molecular formula is C11H13BrO2. The van der Waals surface area contributed by atoms with Gasteiger partial charge in [0.1, 0.15) is 12.0 Å². The third-order valence-electron chi connectivity index (χ3n) is 1.73. The Hall–Kier alpha value is -0.830. The first-order chi connectivity index (χ1) is 6.65. The third kappa shape index (κ3) is 2.84. The molecule has 0 saturated heterocycles. The molecule has 0 radical (unpaired) electrons.